The van der Waals surface area contributed by atoms with Crippen LogP contribution in [-0.2, 0) is 6.42 Å². The van der Waals surface area contributed by atoms with Gasteiger partial charge in [0.15, 0.2) is 0 Å². The van der Waals surface area contributed by atoms with Crippen LogP contribution in [0.3, 0.4) is 0 Å². The van der Waals surface area contributed by atoms with Crippen LogP contribution in [0.4, 0.5) is 0 Å². The molecule has 0 saturated heterocycles. The molecule has 1 aliphatic rings. The summed E-state index contributed by atoms with van der Waals surface area (Å²) in [6, 6.07) is 8.49. The minimum Gasteiger partial charge on any atom is -0.496 e. The number of hydrogen-bond donors (Lipinski definition) is 1. The van der Waals surface area contributed by atoms with Gasteiger partial charge in [-0.05, 0) is 43.0 Å². The van der Waals surface area contributed by atoms with E-state index >= 15 is 0 Å². The summed E-state index contributed by atoms with van der Waals surface area (Å²) in [5.41, 5.74) is 1.36. The van der Waals surface area contributed by atoms with Gasteiger partial charge < -0.3 is 10.1 Å². The van der Waals surface area contributed by atoms with E-state index in [1.165, 1.54) is 37.7 Å². The Balaban J connectivity index is 2.05. The Kier molecular flexibility index (Phi) is 6.38. The van der Waals surface area contributed by atoms with Crippen LogP contribution in [-0.4, -0.2) is 20.2 Å². The van der Waals surface area contributed by atoms with Gasteiger partial charge in [-0.25, -0.2) is 0 Å². The Morgan fingerprint density at radius 3 is 2.65 bits per heavy atom. The molecule has 1 atom stereocenters. The lowest BCUT2D eigenvalue weighted by Gasteiger charge is -2.31. The highest BCUT2D eigenvalue weighted by Crippen LogP contribution is 2.33. The van der Waals surface area contributed by atoms with E-state index in [1.54, 1.807) is 7.11 Å². The second-order valence-corrected chi connectivity index (χ2v) is 5.98. The maximum atomic E-state index is 5.52. The third kappa shape index (κ3) is 4.24. The van der Waals surface area contributed by atoms with E-state index in [1.807, 2.05) is 0 Å². The van der Waals surface area contributed by atoms with Crippen LogP contribution in [0.5, 0.6) is 5.75 Å². The minimum atomic E-state index is 0.742. The summed E-state index contributed by atoms with van der Waals surface area (Å²) < 4.78 is 5.52. The zero-order chi connectivity index (χ0) is 14.2. The summed E-state index contributed by atoms with van der Waals surface area (Å²) in [5.74, 6) is 2.67. The number of rotatable bonds is 7. The predicted molar refractivity (Wildman–Crippen MR) is 85.3 cm³/mol. The lowest BCUT2D eigenvalue weighted by Crippen LogP contribution is -2.31. The largest absolute Gasteiger partial charge is 0.496 e. The normalized spacial score (nSPS) is 17.9. The van der Waals surface area contributed by atoms with Gasteiger partial charge in [-0.15, -0.1) is 0 Å². The number of para-hydroxylation sites is 1. The van der Waals surface area contributed by atoms with Crippen molar-refractivity contribution in [3.8, 4) is 5.75 Å². The first kappa shape index (κ1) is 15.4. The van der Waals surface area contributed by atoms with Gasteiger partial charge in [0.05, 0.1) is 7.11 Å². The summed E-state index contributed by atoms with van der Waals surface area (Å²) in [6.07, 6.45) is 8.22. The molecule has 1 saturated carbocycles. The summed E-state index contributed by atoms with van der Waals surface area (Å²) >= 11 is 0. The van der Waals surface area contributed by atoms with Gasteiger partial charge >= 0.3 is 0 Å². The van der Waals surface area contributed by atoms with Crippen LogP contribution in [0.25, 0.3) is 0 Å². The molecule has 112 valence electrons. The molecule has 2 heteroatoms. The average Bonchev–Trinajstić information content (AvgIpc) is 2.52. The molecule has 2 rings (SSSR count). The Bertz CT molecular complexity index is 385. The smallest absolute Gasteiger partial charge is 0.122 e. The Morgan fingerprint density at radius 1 is 1.20 bits per heavy atom. The fourth-order valence-electron chi connectivity index (χ4n) is 3.49. The predicted octanol–water partition coefficient (Wildman–Crippen LogP) is 4.04. The van der Waals surface area contributed by atoms with Crippen LogP contribution in [0.1, 0.15) is 44.6 Å². The molecular weight excluding hydrogens is 246 g/mol. The maximum absolute atomic E-state index is 5.52. The van der Waals surface area contributed by atoms with Gasteiger partial charge in [0, 0.05) is 0 Å². The molecule has 0 radical (unpaired) electrons. The first-order valence-electron chi connectivity index (χ1n) is 8.17. The molecule has 0 aliphatic heterocycles. The van der Waals surface area contributed by atoms with E-state index in [-0.39, 0.29) is 0 Å². The quantitative estimate of drug-likeness (QED) is 0.811. The fourth-order valence-corrected chi connectivity index (χ4v) is 3.49. The molecular formula is C18H29NO. The van der Waals surface area contributed by atoms with Gasteiger partial charge in [-0.3, -0.25) is 0 Å². The van der Waals surface area contributed by atoms with Crippen molar-refractivity contribution in [2.24, 2.45) is 11.8 Å². The van der Waals surface area contributed by atoms with Gasteiger partial charge in [-0.1, -0.05) is 57.2 Å². The first-order chi connectivity index (χ1) is 9.85. The molecule has 20 heavy (non-hydrogen) atoms. The van der Waals surface area contributed by atoms with Crippen LogP contribution >= 0.6 is 0 Å². The molecule has 1 N–H and O–H groups in total. The van der Waals surface area contributed by atoms with Gasteiger partial charge in [-0.2, -0.15) is 0 Å². The number of methoxy groups -OCH3 is 1. The van der Waals surface area contributed by atoms with Gasteiger partial charge in [0.25, 0.3) is 0 Å². The highest BCUT2D eigenvalue weighted by Gasteiger charge is 2.24. The first-order valence-corrected chi connectivity index (χ1v) is 8.17. The molecule has 1 fully saturated rings. The van der Waals surface area contributed by atoms with E-state index in [2.05, 4.69) is 36.5 Å². The summed E-state index contributed by atoms with van der Waals surface area (Å²) in [4.78, 5) is 0. The van der Waals surface area contributed by atoms with Crippen LogP contribution in [0.2, 0.25) is 0 Å². The van der Waals surface area contributed by atoms with E-state index < -0.39 is 0 Å². The topological polar surface area (TPSA) is 21.3 Å². The van der Waals surface area contributed by atoms with Crippen LogP contribution in [0, 0.1) is 11.8 Å². The highest BCUT2D eigenvalue weighted by atomic mass is 16.5. The fraction of sp³-hybridized carbons (Fsp3) is 0.667. The third-order valence-corrected chi connectivity index (χ3v) is 4.65. The van der Waals surface area contributed by atoms with Crippen molar-refractivity contribution < 1.29 is 4.74 Å². The molecule has 1 aromatic rings. The van der Waals surface area contributed by atoms with Crippen LogP contribution < -0.4 is 10.1 Å². The number of ether oxygens (including phenoxy) is 1. The minimum absolute atomic E-state index is 0.742. The lowest BCUT2D eigenvalue weighted by molar-refractivity contribution is 0.239. The molecule has 0 bridgehead atoms. The molecule has 0 amide bonds. The Labute approximate surface area is 123 Å². The summed E-state index contributed by atoms with van der Waals surface area (Å²) in [7, 11) is 1.78. The summed E-state index contributed by atoms with van der Waals surface area (Å²) in [6.45, 7) is 4.40. The second-order valence-electron chi connectivity index (χ2n) is 5.98. The highest BCUT2D eigenvalue weighted by molar-refractivity contribution is 5.33. The van der Waals surface area contributed by atoms with E-state index in [9.17, 15) is 0 Å². The lowest BCUT2D eigenvalue weighted by atomic mass is 9.77. The Hall–Kier alpha value is -1.02. The molecule has 1 unspecified atom stereocenters. The molecule has 0 spiro atoms. The SMILES string of the molecule is CCNCC(Cc1ccccc1OC)C1CCCCC1. The number of hydrogen-bond acceptors (Lipinski definition) is 2. The zero-order valence-corrected chi connectivity index (χ0v) is 13.0. The average molecular weight is 275 g/mol. The van der Waals surface area contributed by atoms with Crippen LogP contribution in [0.15, 0.2) is 24.3 Å². The standard InChI is InChI=1S/C18H29NO/c1-3-19-14-17(15-9-5-4-6-10-15)13-16-11-7-8-12-18(16)20-2/h7-8,11-12,15,17,19H,3-6,9-10,13-14H2,1-2H3. The molecule has 0 heterocycles. The van der Waals surface area contributed by atoms with Crippen molar-refractivity contribution in [3.05, 3.63) is 29.8 Å². The van der Waals surface area contributed by atoms with Crippen molar-refractivity contribution in [3.63, 3.8) is 0 Å². The monoisotopic (exact) mass is 275 g/mol. The van der Waals surface area contributed by atoms with Crippen molar-refractivity contribution in [1.82, 2.24) is 5.32 Å². The van der Waals surface area contributed by atoms with E-state index in [0.717, 1.165) is 37.1 Å². The van der Waals surface area contributed by atoms with Gasteiger partial charge in [0.2, 0.25) is 0 Å². The molecule has 1 aliphatic carbocycles. The van der Waals surface area contributed by atoms with Crippen molar-refractivity contribution in [2.45, 2.75) is 45.4 Å². The second kappa shape index (κ2) is 8.31. The van der Waals surface area contributed by atoms with Crippen molar-refractivity contribution >= 4 is 0 Å². The van der Waals surface area contributed by atoms with E-state index in [0.29, 0.717) is 0 Å². The van der Waals surface area contributed by atoms with E-state index in [4.69, 9.17) is 4.74 Å². The zero-order valence-electron chi connectivity index (χ0n) is 13.0. The number of benzene rings is 1. The summed E-state index contributed by atoms with van der Waals surface area (Å²) in [5, 5.41) is 3.56. The molecule has 1 aromatic carbocycles. The molecule has 2 nitrogen and oxygen atoms in total. The third-order valence-electron chi connectivity index (χ3n) is 4.65. The Morgan fingerprint density at radius 2 is 1.95 bits per heavy atom. The number of nitrogens with one attached hydrogen (secondary N) is 1. The molecule has 0 aromatic heterocycles. The maximum Gasteiger partial charge on any atom is 0.122 e. The van der Waals surface area contributed by atoms with Crippen molar-refractivity contribution in [1.29, 1.82) is 0 Å². The van der Waals surface area contributed by atoms with Gasteiger partial charge in [0.1, 0.15) is 5.75 Å². The van der Waals surface area contributed by atoms with Crippen molar-refractivity contribution in [2.75, 3.05) is 20.2 Å².